The number of aromatic carboxylic acids is 1. The van der Waals surface area contributed by atoms with Gasteiger partial charge in [-0.3, -0.25) is 4.79 Å². The highest BCUT2D eigenvalue weighted by Crippen LogP contribution is 2.18. The first-order chi connectivity index (χ1) is 9.19. The molecule has 0 aliphatic rings. The van der Waals surface area contributed by atoms with Gasteiger partial charge in [0, 0.05) is 5.75 Å². The summed E-state index contributed by atoms with van der Waals surface area (Å²) in [7, 11) is 0. The minimum atomic E-state index is -1.11. The number of halogens is 1. The van der Waals surface area contributed by atoms with Crippen LogP contribution in [-0.2, 0) is 15.3 Å². The van der Waals surface area contributed by atoms with E-state index in [9.17, 15) is 14.0 Å². The number of hydrogen-bond acceptors (Lipinski definition) is 4. The first kappa shape index (κ1) is 16.5. The van der Waals surface area contributed by atoms with Crippen molar-refractivity contribution in [2.45, 2.75) is 32.1 Å². The van der Waals surface area contributed by atoms with Gasteiger partial charge in [-0.1, -0.05) is 0 Å². The van der Waals surface area contributed by atoms with Crippen LogP contribution in [0.1, 0.15) is 36.7 Å². The molecule has 0 radical (unpaired) electrons. The van der Waals surface area contributed by atoms with E-state index in [0.717, 1.165) is 6.07 Å². The maximum atomic E-state index is 13.5. The van der Waals surface area contributed by atoms with Gasteiger partial charge in [0.05, 0.1) is 11.3 Å². The number of benzene rings is 1. The Morgan fingerprint density at radius 2 is 2.00 bits per heavy atom. The van der Waals surface area contributed by atoms with Gasteiger partial charge in [-0.15, -0.1) is 11.8 Å². The third-order valence-corrected chi connectivity index (χ3v) is 3.15. The van der Waals surface area contributed by atoms with Gasteiger partial charge >= 0.3 is 11.9 Å². The quantitative estimate of drug-likeness (QED) is 0.847. The van der Waals surface area contributed by atoms with E-state index >= 15 is 0 Å². The third kappa shape index (κ3) is 5.61. The van der Waals surface area contributed by atoms with Crippen molar-refractivity contribution in [3.05, 3.63) is 35.1 Å². The highest BCUT2D eigenvalue weighted by Gasteiger charge is 2.16. The molecule has 0 amide bonds. The fourth-order valence-electron chi connectivity index (χ4n) is 1.43. The van der Waals surface area contributed by atoms with Crippen LogP contribution in [0.25, 0.3) is 0 Å². The van der Waals surface area contributed by atoms with Crippen LogP contribution < -0.4 is 0 Å². The predicted octanol–water partition coefficient (Wildman–Crippen LogP) is 3.10. The number of carboxylic acid groups (broad SMARTS) is 1. The zero-order chi connectivity index (χ0) is 15.3. The van der Waals surface area contributed by atoms with Gasteiger partial charge in [0.1, 0.15) is 11.4 Å². The van der Waals surface area contributed by atoms with Gasteiger partial charge in [0.15, 0.2) is 0 Å². The van der Waals surface area contributed by atoms with Crippen molar-refractivity contribution in [3.63, 3.8) is 0 Å². The summed E-state index contributed by atoms with van der Waals surface area (Å²) in [5.74, 6) is -1.66. The Morgan fingerprint density at radius 3 is 2.55 bits per heavy atom. The van der Waals surface area contributed by atoms with Gasteiger partial charge in [0.25, 0.3) is 0 Å². The molecule has 1 rings (SSSR count). The minimum absolute atomic E-state index is 0.0271. The van der Waals surface area contributed by atoms with Crippen LogP contribution in [-0.4, -0.2) is 28.4 Å². The van der Waals surface area contributed by atoms with Crippen LogP contribution in [0.15, 0.2) is 18.2 Å². The Morgan fingerprint density at radius 1 is 1.35 bits per heavy atom. The van der Waals surface area contributed by atoms with E-state index in [1.54, 1.807) is 20.8 Å². The maximum Gasteiger partial charge on any atom is 0.335 e. The number of carbonyl (C=O) groups excluding carboxylic acids is 1. The molecule has 0 fully saturated rings. The van der Waals surface area contributed by atoms with Crippen molar-refractivity contribution in [1.29, 1.82) is 0 Å². The van der Waals surface area contributed by atoms with Crippen LogP contribution in [0.2, 0.25) is 0 Å². The lowest BCUT2D eigenvalue weighted by molar-refractivity contribution is -0.151. The Kier molecular flexibility index (Phi) is 5.56. The molecule has 0 aromatic heterocycles. The molecular formula is C14H17FO4S. The molecule has 0 aliphatic heterocycles. The molecule has 110 valence electrons. The molecule has 4 nitrogen and oxygen atoms in total. The number of rotatable bonds is 5. The van der Waals surface area contributed by atoms with E-state index in [2.05, 4.69) is 0 Å². The summed E-state index contributed by atoms with van der Waals surface area (Å²) in [6.45, 7) is 5.31. The number of hydrogen-bond donors (Lipinski definition) is 1. The summed E-state index contributed by atoms with van der Waals surface area (Å²) in [5.41, 5.74) is -0.260. The fraction of sp³-hybridized carbons (Fsp3) is 0.429. The van der Waals surface area contributed by atoms with E-state index in [4.69, 9.17) is 9.84 Å². The molecule has 0 atom stereocenters. The summed E-state index contributed by atoms with van der Waals surface area (Å²) in [6, 6.07) is 3.60. The maximum absolute atomic E-state index is 13.5. The van der Waals surface area contributed by atoms with Crippen LogP contribution >= 0.6 is 11.8 Å². The Labute approximate surface area is 121 Å². The molecule has 1 aromatic rings. The zero-order valence-electron chi connectivity index (χ0n) is 11.6. The van der Waals surface area contributed by atoms with E-state index in [1.165, 1.54) is 23.9 Å². The monoisotopic (exact) mass is 300 g/mol. The zero-order valence-corrected chi connectivity index (χ0v) is 12.4. The normalized spacial score (nSPS) is 11.2. The first-order valence-electron chi connectivity index (χ1n) is 6.00. The summed E-state index contributed by atoms with van der Waals surface area (Å²) >= 11 is 1.18. The smallest absolute Gasteiger partial charge is 0.335 e. The molecule has 6 heteroatoms. The number of esters is 1. The van der Waals surface area contributed by atoms with Gasteiger partial charge in [-0.25, -0.2) is 9.18 Å². The van der Waals surface area contributed by atoms with Gasteiger partial charge in [-0.2, -0.15) is 0 Å². The molecule has 0 saturated heterocycles. The number of ether oxygens (including phenoxy) is 1. The fourth-order valence-corrected chi connectivity index (χ4v) is 2.20. The van der Waals surface area contributed by atoms with Crippen LogP contribution in [0.3, 0.4) is 0 Å². The van der Waals surface area contributed by atoms with Gasteiger partial charge in [0.2, 0.25) is 0 Å². The SMILES string of the molecule is CC(C)(C)OC(=O)CSCc1cc(C(=O)O)ccc1F. The lowest BCUT2D eigenvalue weighted by atomic mass is 10.1. The van der Waals surface area contributed by atoms with Crippen LogP contribution in [0, 0.1) is 5.82 Å². The molecule has 0 heterocycles. The number of carboxylic acids is 1. The lowest BCUT2D eigenvalue weighted by Crippen LogP contribution is -2.24. The van der Waals surface area contributed by atoms with Crippen molar-refractivity contribution in [3.8, 4) is 0 Å². The first-order valence-corrected chi connectivity index (χ1v) is 7.16. The minimum Gasteiger partial charge on any atom is -0.478 e. The molecule has 1 aromatic carbocycles. The molecule has 0 saturated carbocycles. The summed E-state index contributed by atoms with van der Waals surface area (Å²) in [5, 5.41) is 8.84. The van der Waals surface area contributed by atoms with E-state index in [-0.39, 0.29) is 28.6 Å². The molecule has 0 spiro atoms. The third-order valence-electron chi connectivity index (χ3n) is 2.19. The Balaban J connectivity index is 2.56. The summed E-state index contributed by atoms with van der Waals surface area (Å²) < 4.78 is 18.6. The second-order valence-electron chi connectivity index (χ2n) is 5.19. The molecule has 20 heavy (non-hydrogen) atoms. The van der Waals surface area contributed by atoms with E-state index in [0.29, 0.717) is 0 Å². The molecular weight excluding hydrogens is 283 g/mol. The number of carbonyl (C=O) groups is 2. The summed E-state index contributed by atoms with van der Waals surface area (Å²) in [4.78, 5) is 22.3. The van der Waals surface area contributed by atoms with Crippen molar-refractivity contribution < 1.29 is 23.8 Å². The molecule has 0 bridgehead atoms. The van der Waals surface area contributed by atoms with Crippen LogP contribution in [0.5, 0.6) is 0 Å². The predicted molar refractivity (Wildman–Crippen MR) is 75.4 cm³/mol. The van der Waals surface area contributed by atoms with E-state index < -0.39 is 17.4 Å². The van der Waals surface area contributed by atoms with Crippen molar-refractivity contribution >= 4 is 23.7 Å². The lowest BCUT2D eigenvalue weighted by Gasteiger charge is -2.19. The van der Waals surface area contributed by atoms with Crippen LogP contribution in [0.4, 0.5) is 4.39 Å². The van der Waals surface area contributed by atoms with Crippen molar-refractivity contribution in [1.82, 2.24) is 0 Å². The highest BCUT2D eigenvalue weighted by atomic mass is 32.2. The summed E-state index contributed by atoms with van der Waals surface area (Å²) in [6.07, 6.45) is 0. The van der Waals surface area contributed by atoms with E-state index in [1.807, 2.05) is 0 Å². The second-order valence-corrected chi connectivity index (χ2v) is 6.18. The largest absolute Gasteiger partial charge is 0.478 e. The second kappa shape index (κ2) is 6.74. The molecule has 0 aliphatic carbocycles. The Hall–Kier alpha value is -1.56. The molecule has 0 unspecified atom stereocenters. The standard InChI is InChI=1S/C14H17FO4S/c1-14(2,3)19-12(16)8-20-7-10-6-9(13(17)18)4-5-11(10)15/h4-6H,7-8H2,1-3H3,(H,17,18). The number of thioether (sulfide) groups is 1. The van der Waals surface area contributed by atoms with Crippen molar-refractivity contribution in [2.24, 2.45) is 0 Å². The highest BCUT2D eigenvalue weighted by molar-refractivity contribution is 7.99. The average molecular weight is 300 g/mol. The average Bonchev–Trinajstić information content (AvgIpc) is 2.28. The van der Waals surface area contributed by atoms with Gasteiger partial charge in [-0.05, 0) is 44.5 Å². The topological polar surface area (TPSA) is 63.6 Å². The Bertz CT molecular complexity index is 508. The van der Waals surface area contributed by atoms with Crippen molar-refractivity contribution in [2.75, 3.05) is 5.75 Å². The molecule has 1 N–H and O–H groups in total. The van der Waals surface area contributed by atoms with Gasteiger partial charge < -0.3 is 9.84 Å².